The van der Waals surface area contributed by atoms with E-state index in [-0.39, 0.29) is 6.61 Å². The van der Waals surface area contributed by atoms with Gasteiger partial charge in [-0.2, -0.15) is 12.6 Å². The Morgan fingerprint density at radius 1 is 1.17 bits per heavy atom. The lowest BCUT2D eigenvalue weighted by molar-refractivity contribution is 0.182. The van der Waals surface area contributed by atoms with Crippen LogP contribution in [0.25, 0.3) is 0 Å². The summed E-state index contributed by atoms with van der Waals surface area (Å²) >= 11 is 4.27. The maximum atomic E-state index is 9.13. The number of hydrogen-bond acceptors (Lipinski definition) is 3. The van der Waals surface area contributed by atoms with Crippen LogP contribution in [0.15, 0.2) is 30.3 Å². The Kier molecular flexibility index (Phi) is 8.14. The van der Waals surface area contributed by atoms with E-state index in [9.17, 15) is 0 Å². The first kappa shape index (κ1) is 15.5. The van der Waals surface area contributed by atoms with Crippen molar-refractivity contribution in [1.82, 2.24) is 4.90 Å². The summed E-state index contributed by atoms with van der Waals surface area (Å²) in [5.41, 5.74) is 1.31. The molecule has 18 heavy (non-hydrogen) atoms. The third kappa shape index (κ3) is 6.43. The van der Waals surface area contributed by atoms with Crippen LogP contribution in [0.2, 0.25) is 0 Å². The smallest absolute Gasteiger partial charge is 0.0558 e. The lowest BCUT2D eigenvalue weighted by atomic mass is 10.0. The molecule has 0 aliphatic heterocycles. The zero-order valence-corrected chi connectivity index (χ0v) is 12.1. The van der Waals surface area contributed by atoms with Crippen LogP contribution in [0.3, 0.4) is 0 Å². The number of aliphatic hydroxyl groups is 1. The molecule has 0 radical (unpaired) electrons. The lowest BCUT2D eigenvalue weighted by Crippen LogP contribution is -2.28. The second-order valence-corrected chi connectivity index (χ2v) is 5.34. The van der Waals surface area contributed by atoms with E-state index >= 15 is 0 Å². The fourth-order valence-electron chi connectivity index (χ4n) is 2.02. The van der Waals surface area contributed by atoms with Gasteiger partial charge in [-0.3, -0.25) is 4.90 Å². The minimum Gasteiger partial charge on any atom is -0.395 e. The van der Waals surface area contributed by atoms with Crippen molar-refractivity contribution in [2.75, 3.05) is 25.4 Å². The highest BCUT2D eigenvalue weighted by molar-refractivity contribution is 7.80. The van der Waals surface area contributed by atoms with Gasteiger partial charge in [0.1, 0.15) is 0 Å². The minimum absolute atomic E-state index is 0.230. The van der Waals surface area contributed by atoms with Crippen LogP contribution in [0.5, 0.6) is 0 Å². The predicted molar refractivity (Wildman–Crippen MR) is 81.1 cm³/mol. The molecule has 0 spiro atoms. The third-order valence-corrected chi connectivity index (χ3v) is 3.48. The number of hydrogen-bond donors (Lipinski definition) is 2. The summed E-state index contributed by atoms with van der Waals surface area (Å²) in [5, 5.41) is 9.13. The highest BCUT2D eigenvalue weighted by atomic mass is 32.1. The molecule has 1 aromatic rings. The number of benzene rings is 1. The van der Waals surface area contributed by atoms with E-state index in [0.717, 1.165) is 25.4 Å². The van der Waals surface area contributed by atoms with Gasteiger partial charge in [-0.25, -0.2) is 0 Å². The molecule has 0 amide bonds. The third-order valence-electron chi connectivity index (χ3n) is 3.23. The Balaban J connectivity index is 2.39. The molecule has 0 saturated carbocycles. The monoisotopic (exact) mass is 267 g/mol. The zero-order valence-electron chi connectivity index (χ0n) is 11.3. The number of aliphatic hydroxyl groups excluding tert-OH is 1. The molecule has 1 atom stereocenters. The van der Waals surface area contributed by atoms with Gasteiger partial charge in [0.25, 0.3) is 0 Å². The number of thiol groups is 1. The Hall–Kier alpha value is -0.510. The van der Waals surface area contributed by atoms with Crippen molar-refractivity contribution in [3.63, 3.8) is 0 Å². The second-order valence-electron chi connectivity index (χ2n) is 4.89. The molecular formula is C15H25NOS. The van der Waals surface area contributed by atoms with E-state index in [1.54, 1.807) is 0 Å². The van der Waals surface area contributed by atoms with Crippen molar-refractivity contribution in [2.45, 2.75) is 26.3 Å². The molecule has 0 aromatic heterocycles. The Bertz CT molecular complexity index is 305. The van der Waals surface area contributed by atoms with Gasteiger partial charge in [0, 0.05) is 13.1 Å². The Morgan fingerprint density at radius 2 is 1.89 bits per heavy atom. The van der Waals surface area contributed by atoms with Gasteiger partial charge >= 0.3 is 0 Å². The van der Waals surface area contributed by atoms with Crippen molar-refractivity contribution in [2.24, 2.45) is 5.92 Å². The van der Waals surface area contributed by atoms with E-state index in [0.29, 0.717) is 5.92 Å². The lowest BCUT2D eigenvalue weighted by Gasteiger charge is -2.23. The van der Waals surface area contributed by atoms with Crippen LogP contribution in [0.4, 0.5) is 0 Å². The standard InChI is InChI=1S/C15H25NOS/c1-14(8-12-18)7-9-16(10-11-17)13-15-5-3-2-4-6-15/h2-6,14,17-18H,7-13H2,1H3. The summed E-state index contributed by atoms with van der Waals surface area (Å²) in [4.78, 5) is 2.32. The molecule has 3 heteroatoms. The summed E-state index contributed by atoms with van der Waals surface area (Å²) in [7, 11) is 0. The molecule has 1 rings (SSSR count). The molecule has 1 N–H and O–H groups in total. The van der Waals surface area contributed by atoms with Gasteiger partial charge < -0.3 is 5.11 Å². The quantitative estimate of drug-likeness (QED) is 0.672. The van der Waals surface area contributed by atoms with E-state index in [2.05, 4.69) is 48.7 Å². The maximum Gasteiger partial charge on any atom is 0.0558 e. The van der Waals surface area contributed by atoms with Crippen LogP contribution < -0.4 is 0 Å². The Labute approximate surface area is 116 Å². The zero-order chi connectivity index (χ0) is 13.2. The highest BCUT2D eigenvalue weighted by Crippen LogP contribution is 2.11. The van der Waals surface area contributed by atoms with Crippen LogP contribution in [-0.4, -0.2) is 35.5 Å². The first-order valence-corrected chi connectivity index (χ1v) is 7.37. The van der Waals surface area contributed by atoms with Crippen LogP contribution >= 0.6 is 12.6 Å². The first-order chi connectivity index (χ1) is 8.76. The van der Waals surface area contributed by atoms with Crippen molar-refractivity contribution in [3.8, 4) is 0 Å². The molecule has 0 aliphatic rings. The Morgan fingerprint density at radius 3 is 2.50 bits per heavy atom. The minimum atomic E-state index is 0.230. The van der Waals surface area contributed by atoms with Gasteiger partial charge in [-0.15, -0.1) is 0 Å². The predicted octanol–water partition coefficient (Wildman–Crippen LogP) is 2.83. The van der Waals surface area contributed by atoms with E-state index in [1.165, 1.54) is 18.4 Å². The molecule has 0 fully saturated rings. The van der Waals surface area contributed by atoms with Crippen molar-refractivity contribution in [3.05, 3.63) is 35.9 Å². The van der Waals surface area contributed by atoms with Crippen molar-refractivity contribution >= 4 is 12.6 Å². The van der Waals surface area contributed by atoms with E-state index in [1.807, 2.05) is 6.07 Å². The fourth-order valence-corrected chi connectivity index (χ4v) is 2.46. The van der Waals surface area contributed by atoms with Crippen LogP contribution in [0.1, 0.15) is 25.3 Å². The summed E-state index contributed by atoms with van der Waals surface area (Å²) in [5.74, 6) is 1.67. The molecule has 102 valence electrons. The van der Waals surface area contributed by atoms with Gasteiger partial charge in [-0.05, 0) is 36.6 Å². The maximum absolute atomic E-state index is 9.13. The summed E-state index contributed by atoms with van der Waals surface area (Å²) < 4.78 is 0. The average molecular weight is 267 g/mol. The van der Waals surface area contributed by atoms with Gasteiger partial charge in [0.2, 0.25) is 0 Å². The molecule has 0 saturated heterocycles. The second kappa shape index (κ2) is 9.42. The van der Waals surface area contributed by atoms with Gasteiger partial charge in [0.05, 0.1) is 6.61 Å². The molecular weight excluding hydrogens is 242 g/mol. The van der Waals surface area contributed by atoms with E-state index in [4.69, 9.17) is 5.11 Å². The normalized spacial score (nSPS) is 12.9. The van der Waals surface area contributed by atoms with Crippen molar-refractivity contribution in [1.29, 1.82) is 0 Å². The van der Waals surface area contributed by atoms with E-state index < -0.39 is 0 Å². The molecule has 0 bridgehead atoms. The average Bonchev–Trinajstić information content (AvgIpc) is 2.38. The largest absolute Gasteiger partial charge is 0.395 e. The molecule has 2 nitrogen and oxygen atoms in total. The van der Waals surface area contributed by atoms with Crippen LogP contribution in [0, 0.1) is 5.92 Å². The highest BCUT2D eigenvalue weighted by Gasteiger charge is 2.08. The van der Waals surface area contributed by atoms with Gasteiger partial charge in [-0.1, -0.05) is 37.3 Å². The number of rotatable bonds is 9. The SMILES string of the molecule is CC(CCS)CCN(CCO)Cc1ccccc1. The summed E-state index contributed by atoms with van der Waals surface area (Å²) in [6, 6.07) is 10.4. The van der Waals surface area contributed by atoms with Crippen LogP contribution in [-0.2, 0) is 6.54 Å². The fraction of sp³-hybridized carbons (Fsp3) is 0.600. The summed E-state index contributed by atoms with van der Waals surface area (Å²) in [6.07, 6.45) is 2.34. The first-order valence-electron chi connectivity index (χ1n) is 6.74. The molecule has 0 aliphatic carbocycles. The summed E-state index contributed by atoms with van der Waals surface area (Å²) in [6.45, 7) is 5.23. The number of nitrogens with zero attached hydrogens (tertiary/aromatic N) is 1. The molecule has 1 aromatic carbocycles. The van der Waals surface area contributed by atoms with Gasteiger partial charge in [0.15, 0.2) is 0 Å². The van der Waals surface area contributed by atoms with Crippen molar-refractivity contribution < 1.29 is 5.11 Å². The molecule has 0 heterocycles. The molecule has 1 unspecified atom stereocenters. The topological polar surface area (TPSA) is 23.5 Å².